The summed E-state index contributed by atoms with van der Waals surface area (Å²) in [5.74, 6) is -0.230. The van der Waals surface area contributed by atoms with Crippen LogP contribution in [0, 0.1) is 10.1 Å². The Morgan fingerprint density at radius 3 is 2.33 bits per heavy atom. The molecule has 1 aliphatic heterocycles. The van der Waals surface area contributed by atoms with Gasteiger partial charge in [-0.15, -0.1) is 0 Å². The molecule has 0 unspecified atom stereocenters. The van der Waals surface area contributed by atoms with Gasteiger partial charge in [0.25, 0.3) is 11.6 Å². The smallest absolute Gasteiger partial charge is 0.268 e. The quantitative estimate of drug-likeness (QED) is 0.254. The van der Waals surface area contributed by atoms with Gasteiger partial charge in [-0.05, 0) is 69.7 Å². The summed E-state index contributed by atoms with van der Waals surface area (Å²) in [4.78, 5) is 30.6. The SMILES string of the molecule is O=C1/C(=C/c2ccc(Br)c([N+](=O)[O-])c2)SC(=Nc2ccccc2)N1c1ccccc1. The van der Waals surface area contributed by atoms with Gasteiger partial charge in [0.15, 0.2) is 5.17 Å². The van der Waals surface area contributed by atoms with Crippen LogP contribution in [0.5, 0.6) is 0 Å². The second kappa shape index (κ2) is 8.64. The molecule has 4 rings (SSSR count). The van der Waals surface area contributed by atoms with E-state index in [0.717, 1.165) is 5.69 Å². The maximum absolute atomic E-state index is 13.2. The number of hydrogen-bond acceptors (Lipinski definition) is 5. The molecule has 0 saturated carbocycles. The van der Waals surface area contributed by atoms with E-state index in [1.165, 1.54) is 17.8 Å². The number of aliphatic imine (C=N–C) groups is 1. The first kappa shape index (κ1) is 20.1. The van der Waals surface area contributed by atoms with Crippen molar-refractivity contribution in [1.82, 2.24) is 0 Å². The lowest BCUT2D eigenvalue weighted by molar-refractivity contribution is -0.385. The van der Waals surface area contributed by atoms with Crippen LogP contribution >= 0.6 is 27.7 Å². The molecule has 3 aromatic carbocycles. The summed E-state index contributed by atoms with van der Waals surface area (Å²) in [7, 11) is 0. The van der Waals surface area contributed by atoms with Crippen LogP contribution in [-0.2, 0) is 4.79 Å². The number of anilines is 1. The fourth-order valence-electron chi connectivity index (χ4n) is 2.88. The fraction of sp³-hybridized carbons (Fsp3) is 0. The Hall–Kier alpha value is -3.23. The summed E-state index contributed by atoms with van der Waals surface area (Å²) in [5.41, 5.74) is 1.94. The van der Waals surface area contributed by atoms with Gasteiger partial charge in [0.1, 0.15) is 0 Å². The van der Waals surface area contributed by atoms with Gasteiger partial charge >= 0.3 is 0 Å². The minimum absolute atomic E-state index is 0.0575. The van der Waals surface area contributed by atoms with Crippen molar-refractivity contribution in [1.29, 1.82) is 0 Å². The van der Waals surface area contributed by atoms with Gasteiger partial charge in [-0.1, -0.05) is 42.5 Å². The minimum Gasteiger partial charge on any atom is -0.268 e. The van der Waals surface area contributed by atoms with Crippen LogP contribution in [0.25, 0.3) is 6.08 Å². The molecule has 1 saturated heterocycles. The maximum atomic E-state index is 13.2. The number of rotatable bonds is 4. The molecule has 0 aliphatic carbocycles. The number of nitrogens with zero attached hydrogens (tertiary/aromatic N) is 3. The molecule has 0 bridgehead atoms. The normalized spacial score (nSPS) is 16.4. The van der Waals surface area contributed by atoms with Gasteiger partial charge in [-0.3, -0.25) is 19.8 Å². The zero-order valence-electron chi connectivity index (χ0n) is 15.4. The van der Waals surface area contributed by atoms with Crippen LogP contribution in [0.15, 0.2) is 93.2 Å². The second-order valence-corrected chi connectivity index (χ2v) is 8.15. The van der Waals surface area contributed by atoms with Crippen LogP contribution in [0.3, 0.4) is 0 Å². The molecular weight excluding hydrogens is 466 g/mol. The van der Waals surface area contributed by atoms with Crippen LogP contribution < -0.4 is 4.90 Å². The average molecular weight is 480 g/mol. The molecular formula is C22H14BrN3O3S. The van der Waals surface area contributed by atoms with E-state index in [9.17, 15) is 14.9 Å². The van der Waals surface area contributed by atoms with Gasteiger partial charge in [-0.25, -0.2) is 4.99 Å². The molecule has 0 N–H and O–H groups in total. The maximum Gasteiger partial charge on any atom is 0.284 e. The van der Waals surface area contributed by atoms with Crippen molar-refractivity contribution in [3.05, 3.63) is 104 Å². The summed E-state index contributed by atoms with van der Waals surface area (Å²) in [6.45, 7) is 0. The van der Waals surface area contributed by atoms with Gasteiger partial charge < -0.3 is 0 Å². The predicted molar refractivity (Wildman–Crippen MR) is 124 cm³/mol. The Balaban J connectivity index is 1.77. The van der Waals surface area contributed by atoms with Crippen LogP contribution in [0.4, 0.5) is 17.1 Å². The minimum atomic E-state index is -0.464. The van der Waals surface area contributed by atoms with E-state index in [-0.39, 0.29) is 11.6 Å². The molecule has 3 aromatic rings. The zero-order chi connectivity index (χ0) is 21.1. The van der Waals surface area contributed by atoms with Gasteiger partial charge in [-0.2, -0.15) is 0 Å². The van der Waals surface area contributed by atoms with E-state index < -0.39 is 4.92 Å². The van der Waals surface area contributed by atoms with Crippen molar-refractivity contribution < 1.29 is 9.72 Å². The van der Waals surface area contributed by atoms with Crippen LogP contribution in [0.2, 0.25) is 0 Å². The Labute approximate surface area is 185 Å². The summed E-state index contributed by atoms with van der Waals surface area (Å²) in [6.07, 6.45) is 1.65. The lowest BCUT2D eigenvalue weighted by Gasteiger charge is -2.15. The zero-order valence-corrected chi connectivity index (χ0v) is 17.8. The first-order valence-electron chi connectivity index (χ1n) is 8.89. The Bertz CT molecular complexity index is 1180. The van der Waals surface area contributed by atoms with Gasteiger partial charge in [0.05, 0.1) is 25.7 Å². The number of carbonyl (C=O) groups excluding carboxylic acids is 1. The number of halogens is 1. The first-order valence-corrected chi connectivity index (χ1v) is 10.5. The Kier molecular flexibility index (Phi) is 5.78. The highest BCUT2D eigenvalue weighted by Gasteiger charge is 2.34. The van der Waals surface area contributed by atoms with E-state index in [4.69, 9.17) is 0 Å². The van der Waals surface area contributed by atoms with Gasteiger partial charge in [0, 0.05) is 6.07 Å². The Morgan fingerprint density at radius 1 is 1.00 bits per heavy atom. The van der Waals surface area contributed by atoms with Crippen LogP contribution in [0.1, 0.15) is 5.56 Å². The third-order valence-electron chi connectivity index (χ3n) is 4.27. The number of thioether (sulfide) groups is 1. The number of para-hydroxylation sites is 2. The summed E-state index contributed by atoms with van der Waals surface area (Å²) < 4.78 is 0.386. The van der Waals surface area contributed by atoms with Gasteiger partial charge in [0.2, 0.25) is 0 Å². The predicted octanol–water partition coefficient (Wildman–Crippen LogP) is 6.17. The average Bonchev–Trinajstić information content (AvgIpc) is 3.05. The van der Waals surface area contributed by atoms with E-state index in [1.807, 2.05) is 60.7 Å². The molecule has 0 spiro atoms. The van der Waals surface area contributed by atoms with Crippen molar-refractivity contribution in [2.75, 3.05) is 4.90 Å². The highest BCUT2D eigenvalue weighted by Crippen LogP contribution is 2.38. The molecule has 0 aromatic heterocycles. The summed E-state index contributed by atoms with van der Waals surface area (Å²) in [6, 6.07) is 23.4. The van der Waals surface area contributed by atoms with E-state index >= 15 is 0 Å². The molecule has 1 amide bonds. The molecule has 0 atom stereocenters. The van der Waals surface area contributed by atoms with E-state index in [2.05, 4.69) is 20.9 Å². The number of benzene rings is 3. The largest absolute Gasteiger partial charge is 0.284 e. The van der Waals surface area contributed by atoms with Crippen molar-refractivity contribution in [3.8, 4) is 0 Å². The molecule has 8 heteroatoms. The highest BCUT2D eigenvalue weighted by atomic mass is 79.9. The van der Waals surface area contributed by atoms with E-state index in [0.29, 0.717) is 25.8 Å². The topological polar surface area (TPSA) is 75.8 Å². The molecule has 1 heterocycles. The lowest BCUT2D eigenvalue weighted by atomic mass is 10.2. The highest BCUT2D eigenvalue weighted by molar-refractivity contribution is 9.10. The number of nitro benzene ring substituents is 1. The first-order chi connectivity index (χ1) is 14.5. The fourth-order valence-corrected chi connectivity index (χ4v) is 4.27. The third kappa shape index (κ3) is 4.19. The lowest BCUT2D eigenvalue weighted by Crippen LogP contribution is -2.28. The summed E-state index contributed by atoms with van der Waals surface area (Å²) >= 11 is 4.42. The number of nitro groups is 1. The number of amidine groups is 1. The second-order valence-electron chi connectivity index (χ2n) is 6.28. The third-order valence-corrected chi connectivity index (χ3v) is 5.91. The molecule has 1 fully saturated rings. The number of carbonyl (C=O) groups is 1. The number of hydrogen-bond donors (Lipinski definition) is 0. The molecule has 30 heavy (non-hydrogen) atoms. The monoisotopic (exact) mass is 479 g/mol. The van der Waals surface area contributed by atoms with Crippen molar-refractivity contribution in [2.45, 2.75) is 0 Å². The van der Waals surface area contributed by atoms with E-state index in [1.54, 1.807) is 23.1 Å². The Morgan fingerprint density at radius 2 is 1.67 bits per heavy atom. The molecule has 148 valence electrons. The number of amides is 1. The van der Waals surface area contributed by atoms with Crippen molar-refractivity contribution >= 4 is 61.9 Å². The van der Waals surface area contributed by atoms with Crippen LogP contribution in [-0.4, -0.2) is 16.0 Å². The van der Waals surface area contributed by atoms with Crippen molar-refractivity contribution in [2.24, 2.45) is 4.99 Å². The molecule has 0 radical (unpaired) electrons. The van der Waals surface area contributed by atoms with Crippen molar-refractivity contribution in [3.63, 3.8) is 0 Å². The standard InChI is InChI=1S/C22H14BrN3O3S/c23-18-12-11-15(13-19(18)26(28)29)14-20-21(27)25(17-9-5-2-6-10-17)22(30-20)24-16-7-3-1-4-8-16/h1-14H/b20-14-,24-22?. The molecule has 1 aliphatic rings. The molecule has 6 nitrogen and oxygen atoms in total. The summed E-state index contributed by atoms with van der Waals surface area (Å²) in [5, 5.41) is 11.7.